The van der Waals surface area contributed by atoms with Crippen molar-refractivity contribution in [3.8, 4) is 0 Å². The summed E-state index contributed by atoms with van der Waals surface area (Å²) in [7, 11) is 0. The Balaban J connectivity index is 2.17. The second-order valence-electron chi connectivity index (χ2n) is 3.55. The van der Waals surface area contributed by atoms with Gasteiger partial charge in [0.25, 0.3) is 0 Å². The highest BCUT2D eigenvalue weighted by molar-refractivity contribution is 5.14. The van der Waals surface area contributed by atoms with Crippen molar-refractivity contribution in [2.75, 3.05) is 6.54 Å². The van der Waals surface area contributed by atoms with E-state index in [1.807, 2.05) is 6.07 Å². The first-order chi connectivity index (χ1) is 6.83. The van der Waals surface area contributed by atoms with Crippen molar-refractivity contribution in [1.82, 2.24) is 5.32 Å². The molecule has 1 rings (SSSR count). The molecule has 0 fully saturated rings. The Morgan fingerprint density at radius 3 is 2.64 bits per heavy atom. The van der Waals surface area contributed by atoms with E-state index in [1.54, 1.807) is 0 Å². The van der Waals surface area contributed by atoms with Crippen molar-refractivity contribution in [3.63, 3.8) is 0 Å². The van der Waals surface area contributed by atoms with Gasteiger partial charge in [0, 0.05) is 6.54 Å². The zero-order valence-corrected chi connectivity index (χ0v) is 9.09. The van der Waals surface area contributed by atoms with Gasteiger partial charge in [-0.15, -0.1) is 0 Å². The van der Waals surface area contributed by atoms with E-state index >= 15 is 0 Å². The third kappa shape index (κ3) is 4.24. The Morgan fingerprint density at radius 1 is 1.29 bits per heavy atom. The molecule has 1 N–H and O–H groups in total. The molecule has 0 aliphatic heterocycles. The largest absolute Gasteiger partial charge is 0.312 e. The van der Waals surface area contributed by atoms with Crippen molar-refractivity contribution >= 4 is 0 Å². The van der Waals surface area contributed by atoms with Crippen LogP contribution in [-0.4, -0.2) is 6.54 Å². The van der Waals surface area contributed by atoms with Gasteiger partial charge >= 0.3 is 0 Å². The highest BCUT2D eigenvalue weighted by Crippen LogP contribution is 1.99. The summed E-state index contributed by atoms with van der Waals surface area (Å²) in [6.07, 6.45) is 3.31. The molecular formula is C13H19N. The molecule has 1 heteroatoms. The van der Waals surface area contributed by atoms with E-state index in [0.717, 1.165) is 19.5 Å². The number of nitrogens with one attached hydrogen (secondary N) is 1. The van der Waals surface area contributed by atoms with E-state index in [2.05, 4.69) is 49.5 Å². The lowest BCUT2D eigenvalue weighted by molar-refractivity contribution is 0.684. The number of allylic oxidation sites excluding steroid dienone is 1. The molecule has 0 aliphatic carbocycles. The van der Waals surface area contributed by atoms with Gasteiger partial charge in [-0.05, 0) is 32.4 Å². The molecule has 0 bridgehead atoms. The minimum Gasteiger partial charge on any atom is -0.312 e. The highest BCUT2D eigenvalue weighted by atomic mass is 14.8. The summed E-state index contributed by atoms with van der Waals surface area (Å²) in [6, 6.07) is 10.5. The normalized spacial score (nSPS) is 11.7. The zero-order chi connectivity index (χ0) is 10.2. The van der Waals surface area contributed by atoms with E-state index in [4.69, 9.17) is 0 Å². The SMILES string of the molecule is C/C=C(/C)CCNCc1ccccc1. The molecule has 0 aromatic heterocycles. The van der Waals surface area contributed by atoms with Crippen LogP contribution in [-0.2, 0) is 6.54 Å². The summed E-state index contributed by atoms with van der Waals surface area (Å²) in [4.78, 5) is 0. The Kier molecular flexibility index (Phi) is 5.02. The number of benzene rings is 1. The van der Waals surface area contributed by atoms with Crippen molar-refractivity contribution in [1.29, 1.82) is 0 Å². The Morgan fingerprint density at radius 2 is 2.00 bits per heavy atom. The predicted octanol–water partition coefficient (Wildman–Crippen LogP) is 3.13. The van der Waals surface area contributed by atoms with Gasteiger partial charge in [0.05, 0.1) is 0 Å². The summed E-state index contributed by atoms with van der Waals surface area (Å²) in [5.74, 6) is 0. The van der Waals surface area contributed by atoms with Crippen LogP contribution in [0.15, 0.2) is 42.0 Å². The van der Waals surface area contributed by atoms with Crippen molar-refractivity contribution in [2.24, 2.45) is 0 Å². The van der Waals surface area contributed by atoms with Gasteiger partial charge < -0.3 is 5.32 Å². The molecule has 1 nitrogen and oxygen atoms in total. The van der Waals surface area contributed by atoms with Crippen LogP contribution in [0.4, 0.5) is 0 Å². The quantitative estimate of drug-likeness (QED) is 0.554. The second-order valence-corrected chi connectivity index (χ2v) is 3.55. The molecule has 0 atom stereocenters. The maximum Gasteiger partial charge on any atom is 0.0205 e. The van der Waals surface area contributed by atoms with Gasteiger partial charge in [0.1, 0.15) is 0 Å². The molecular weight excluding hydrogens is 170 g/mol. The second kappa shape index (κ2) is 6.39. The molecule has 0 unspecified atom stereocenters. The van der Waals surface area contributed by atoms with Crippen LogP contribution in [0.3, 0.4) is 0 Å². The average Bonchev–Trinajstić information content (AvgIpc) is 2.25. The molecule has 1 aromatic carbocycles. The lowest BCUT2D eigenvalue weighted by Gasteiger charge is -2.04. The highest BCUT2D eigenvalue weighted by Gasteiger charge is 1.91. The van der Waals surface area contributed by atoms with Crippen molar-refractivity contribution < 1.29 is 0 Å². The predicted molar refractivity (Wildman–Crippen MR) is 62.2 cm³/mol. The monoisotopic (exact) mass is 189 g/mol. The smallest absolute Gasteiger partial charge is 0.0205 e. The van der Waals surface area contributed by atoms with E-state index in [-0.39, 0.29) is 0 Å². The first kappa shape index (κ1) is 11.0. The molecule has 76 valence electrons. The van der Waals surface area contributed by atoms with Crippen molar-refractivity contribution in [2.45, 2.75) is 26.8 Å². The van der Waals surface area contributed by atoms with E-state index in [9.17, 15) is 0 Å². The van der Waals surface area contributed by atoms with Gasteiger partial charge in [0.2, 0.25) is 0 Å². The van der Waals surface area contributed by atoms with Crippen LogP contribution in [0.2, 0.25) is 0 Å². The minimum absolute atomic E-state index is 0.970. The fourth-order valence-electron chi connectivity index (χ4n) is 1.26. The van der Waals surface area contributed by atoms with Crippen LogP contribution < -0.4 is 5.32 Å². The van der Waals surface area contributed by atoms with Gasteiger partial charge in [-0.2, -0.15) is 0 Å². The molecule has 0 radical (unpaired) electrons. The lowest BCUT2D eigenvalue weighted by atomic mass is 10.2. The Hall–Kier alpha value is -1.08. The van der Waals surface area contributed by atoms with E-state index in [0.29, 0.717) is 0 Å². The first-order valence-electron chi connectivity index (χ1n) is 5.19. The topological polar surface area (TPSA) is 12.0 Å². The summed E-state index contributed by atoms with van der Waals surface area (Å²) >= 11 is 0. The fourth-order valence-corrected chi connectivity index (χ4v) is 1.26. The molecule has 0 saturated heterocycles. The fraction of sp³-hybridized carbons (Fsp3) is 0.385. The van der Waals surface area contributed by atoms with Crippen LogP contribution in [0, 0.1) is 0 Å². The van der Waals surface area contributed by atoms with Crippen LogP contribution in [0.5, 0.6) is 0 Å². The summed E-state index contributed by atoms with van der Waals surface area (Å²) in [5.41, 5.74) is 2.80. The maximum absolute atomic E-state index is 3.43. The van der Waals surface area contributed by atoms with E-state index < -0.39 is 0 Å². The Labute approximate surface area is 86.8 Å². The third-order valence-corrected chi connectivity index (χ3v) is 2.36. The van der Waals surface area contributed by atoms with E-state index in [1.165, 1.54) is 11.1 Å². The molecule has 0 saturated carbocycles. The zero-order valence-electron chi connectivity index (χ0n) is 9.09. The third-order valence-electron chi connectivity index (χ3n) is 2.36. The van der Waals surface area contributed by atoms with Crippen molar-refractivity contribution in [3.05, 3.63) is 47.5 Å². The minimum atomic E-state index is 0.970. The number of rotatable bonds is 5. The Bertz CT molecular complexity index is 275. The van der Waals surface area contributed by atoms with Gasteiger partial charge in [-0.1, -0.05) is 42.0 Å². The summed E-state index contributed by atoms with van der Waals surface area (Å²) in [6.45, 7) is 6.29. The molecule has 0 heterocycles. The van der Waals surface area contributed by atoms with Crippen LogP contribution in [0.25, 0.3) is 0 Å². The number of hydrogen-bond donors (Lipinski definition) is 1. The standard InChI is InChI=1S/C13H19N/c1-3-12(2)9-10-14-11-13-7-5-4-6-8-13/h3-8,14H,9-11H2,1-2H3/b12-3-. The first-order valence-corrected chi connectivity index (χ1v) is 5.19. The lowest BCUT2D eigenvalue weighted by Crippen LogP contribution is -2.14. The molecule has 1 aromatic rings. The number of hydrogen-bond acceptors (Lipinski definition) is 1. The molecule has 0 aliphatic rings. The summed E-state index contributed by atoms with van der Waals surface area (Å²) in [5, 5.41) is 3.43. The van der Waals surface area contributed by atoms with Crippen LogP contribution in [0.1, 0.15) is 25.8 Å². The van der Waals surface area contributed by atoms with Gasteiger partial charge in [0.15, 0.2) is 0 Å². The average molecular weight is 189 g/mol. The van der Waals surface area contributed by atoms with Gasteiger partial charge in [-0.25, -0.2) is 0 Å². The van der Waals surface area contributed by atoms with Gasteiger partial charge in [-0.3, -0.25) is 0 Å². The maximum atomic E-state index is 3.43. The molecule has 14 heavy (non-hydrogen) atoms. The molecule has 0 amide bonds. The van der Waals surface area contributed by atoms with Crippen LogP contribution >= 0.6 is 0 Å². The molecule has 0 spiro atoms. The summed E-state index contributed by atoms with van der Waals surface area (Å²) < 4.78 is 0.